The Kier molecular flexibility index (Phi) is 5.44. The summed E-state index contributed by atoms with van der Waals surface area (Å²) in [7, 11) is -7.37. The normalized spacial score (nSPS) is 17.7. The van der Waals surface area contributed by atoms with E-state index in [2.05, 4.69) is 10.2 Å². The van der Waals surface area contributed by atoms with E-state index in [0.29, 0.717) is 17.8 Å². The van der Waals surface area contributed by atoms with Gasteiger partial charge in [0, 0.05) is 26.2 Å². The zero-order valence-electron chi connectivity index (χ0n) is 15.6. The highest BCUT2D eigenvalue weighted by molar-refractivity contribution is 7.89. The van der Waals surface area contributed by atoms with Gasteiger partial charge < -0.3 is 0 Å². The number of rotatable bonds is 4. The van der Waals surface area contributed by atoms with Crippen LogP contribution in [0.4, 0.5) is 0 Å². The van der Waals surface area contributed by atoms with Gasteiger partial charge in [-0.3, -0.25) is 5.10 Å². The zero-order valence-corrected chi connectivity index (χ0v) is 17.3. The van der Waals surface area contributed by atoms with Gasteiger partial charge in [0.15, 0.2) is 0 Å². The van der Waals surface area contributed by atoms with Crippen molar-refractivity contribution in [1.82, 2.24) is 18.8 Å². The summed E-state index contributed by atoms with van der Waals surface area (Å²) in [6.07, 6.45) is 0.431. The molecule has 0 saturated carbocycles. The van der Waals surface area contributed by atoms with E-state index >= 15 is 0 Å². The quantitative estimate of drug-likeness (QED) is 0.818. The van der Waals surface area contributed by atoms with Crippen molar-refractivity contribution in [2.45, 2.75) is 37.0 Å². The topological polar surface area (TPSA) is 103 Å². The largest absolute Gasteiger partial charge is 0.281 e. The van der Waals surface area contributed by atoms with Crippen LogP contribution in [0, 0.1) is 20.8 Å². The van der Waals surface area contributed by atoms with Crippen LogP contribution in [0.1, 0.15) is 23.4 Å². The minimum absolute atomic E-state index is 0.109. The van der Waals surface area contributed by atoms with Crippen molar-refractivity contribution in [2.24, 2.45) is 0 Å². The van der Waals surface area contributed by atoms with E-state index in [1.807, 2.05) is 6.92 Å². The summed E-state index contributed by atoms with van der Waals surface area (Å²) < 4.78 is 54.5. The summed E-state index contributed by atoms with van der Waals surface area (Å²) in [5.74, 6) is 0. The Balaban J connectivity index is 1.82. The summed E-state index contributed by atoms with van der Waals surface area (Å²) in [5, 5.41) is 6.66. The predicted octanol–water partition coefficient (Wildman–Crippen LogP) is 1.42. The van der Waals surface area contributed by atoms with Crippen molar-refractivity contribution in [2.75, 3.05) is 26.2 Å². The third kappa shape index (κ3) is 3.79. The number of hydrogen-bond donors (Lipinski definition) is 1. The molecule has 0 atom stereocenters. The molecule has 8 nitrogen and oxygen atoms in total. The van der Waals surface area contributed by atoms with Crippen molar-refractivity contribution in [1.29, 1.82) is 0 Å². The number of aromatic amines is 1. The first kappa shape index (κ1) is 20.0. The molecular weight excluding hydrogens is 388 g/mol. The number of benzene rings is 1. The van der Waals surface area contributed by atoms with Gasteiger partial charge in [-0.25, -0.2) is 16.8 Å². The van der Waals surface area contributed by atoms with E-state index in [1.165, 1.54) is 8.61 Å². The van der Waals surface area contributed by atoms with Crippen molar-refractivity contribution in [3.05, 3.63) is 41.2 Å². The van der Waals surface area contributed by atoms with Crippen LogP contribution >= 0.6 is 0 Å². The molecule has 1 fully saturated rings. The van der Waals surface area contributed by atoms with Gasteiger partial charge in [0.2, 0.25) is 20.0 Å². The first-order valence-corrected chi connectivity index (χ1v) is 11.6. The second-order valence-corrected chi connectivity index (χ2v) is 10.6. The lowest BCUT2D eigenvalue weighted by Gasteiger charge is -2.22. The molecule has 0 bridgehead atoms. The highest BCUT2D eigenvalue weighted by Gasteiger charge is 2.33. The number of sulfonamides is 2. The highest BCUT2D eigenvalue weighted by Crippen LogP contribution is 2.24. The first-order chi connectivity index (χ1) is 12.6. The maximum absolute atomic E-state index is 13.0. The minimum atomic E-state index is -3.72. The van der Waals surface area contributed by atoms with E-state index in [9.17, 15) is 16.8 Å². The zero-order chi connectivity index (χ0) is 19.8. The maximum atomic E-state index is 13.0. The van der Waals surface area contributed by atoms with Gasteiger partial charge in [0.1, 0.15) is 4.90 Å². The third-order valence-electron chi connectivity index (χ3n) is 4.73. The number of nitrogens with zero attached hydrogens (tertiary/aromatic N) is 3. The molecule has 0 spiro atoms. The summed E-state index contributed by atoms with van der Waals surface area (Å²) in [5.41, 5.74) is 1.88. The Morgan fingerprint density at radius 3 is 1.93 bits per heavy atom. The third-order valence-corrected chi connectivity index (χ3v) is 8.81. The smallest absolute Gasteiger partial charge is 0.246 e. The van der Waals surface area contributed by atoms with Gasteiger partial charge >= 0.3 is 0 Å². The minimum Gasteiger partial charge on any atom is -0.281 e. The average Bonchev–Trinajstić information content (AvgIpc) is 2.82. The standard InChI is InChI=1S/C17H24N4O4S2/c1-13-5-7-16(8-6-13)26(22,23)20-9-4-10-21(12-11-20)27(24,25)17-14(2)18-19-15(17)3/h5-8H,4,9-12H2,1-3H3,(H,18,19). The lowest BCUT2D eigenvalue weighted by atomic mass is 10.2. The molecule has 148 valence electrons. The SMILES string of the molecule is Cc1ccc(S(=O)(=O)N2CCCN(S(=O)(=O)c3c(C)n[nH]c3C)CC2)cc1. The van der Waals surface area contributed by atoms with Gasteiger partial charge in [-0.1, -0.05) is 17.7 Å². The molecule has 2 heterocycles. The highest BCUT2D eigenvalue weighted by atomic mass is 32.2. The van der Waals surface area contributed by atoms with Crippen molar-refractivity contribution in [3.8, 4) is 0 Å². The fourth-order valence-corrected chi connectivity index (χ4v) is 6.53. The van der Waals surface area contributed by atoms with E-state index in [1.54, 1.807) is 38.1 Å². The Morgan fingerprint density at radius 2 is 1.41 bits per heavy atom. The molecule has 1 saturated heterocycles. The Labute approximate surface area is 160 Å². The van der Waals surface area contributed by atoms with Gasteiger partial charge in [-0.15, -0.1) is 0 Å². The molecular formula is C17H24N4O4S2. The second kappa shape index (κ2) is 7.34. The Bertz CT molecular complexity index is 1010. The molecule has 0 aliphatic carbocycles. The van der Waals surface area contributed by atoms with Gasteiger partial charge in [-0.05, 0) is 39.3 Å². The Morgan fingerprint density at radius 1 is 0.852 bits per heavy atom. The molecule has 1 aromatic heterocycles. The van der Waals surface area contributed by atoms with Gasteiger partial charge in [0.25, 0.3) is 0 Å². The van der Waals surface area contributed by atoms with Crippen LogP contribution in [0.5, 0.6) is 0 Å². The lowest BCUT2D eigenvalue weighted by Crippen LogP contribution is -2.37. The van der Waals surface area contributed by atoms with Crippen LogP contribution in [0.3, 0.4) is 0 Å². The van der Waals surface area contributed by atoms with E-state index in [-0.39, 0.29) is 36.0 Å². The molecule has 0 radical (unpaired) electrons. The van der Waals surface area contributed by atoms with Crippen LogP contribution in [0.15, 0.2) is 34.1 Å². The summed E-state index contributed by atoms with van der Waals surface area (Å²) in [4.78, 5) is 0.406. The molecule has 0 unspecified atom stereocenters. The summed E-state index contributed by atoms with van der Waals surface area (Å²) >= 11 is 0. The van der Waals surface area contributed by atoms with Crippen LogP contribution in [-0.2, 0) is 20.0 Å². The van der Waals surface area contributed by atoms with Crippen molar-refractivity contribution < 1.29 is 16.8 Å². The molecule has 1 aliphatic heterocycles. The van der Waals surface area contributed by atoms with E-state index in [4.69, 9.17) is 0 Å². The predicted molar refractivity (Wildman–Crippen MR) is 101 cm³/mol. The van der Waals surface area contributed by atoms with E-state index < -0.39 is 20.0 Å². The molecule has 27 heavy (non-hydrogen) atoms. The number of aryl methyl sites for hydroxylation is 3. The monoisotopic (exact) mass is 412 g/mol. The first-order valence-electron chi connectivity index (χ1n) is 8.72. The van der Waals surface area contributed by atoms with E-state index in [0.717, 1.165) is 5.56 Å². The fourth-order valence-electron chi connectivity index (χ4n) is 3.26. The molecule has 0 amide bonds. The average molecular weight is 413 g/mol. The number of nitrogens with one attached hydrogen (secondary N) is 1. The lowest BCUT2D eigenvalue weighted by molar-refractivity contribution is 0.404. The van der Waals surface area contributed by atoms with Crippen LogP contribution < -0.4 is 0 Å². The van der Waals surface area contributed by atoms with Crippen molar-refractivity contribution in [3.63, 3.8) is 0 Å². The molecule has 10 heteroatoms. The van der Waals surface area contributed by atoms with Gasteiger partial charge in [0.05, 0.1) is 16.3 Å². The van der Waals surface area contributed by atoms with Crippen LogP contribution in [-0.4, -0.2) is 61.8 Å². The fraction of sp³-hybridized carbons (Fsp3) is 0.471. The molecule has 1 N–H and O–H groups in total. The van der Waals surface area contributed by atoms with Crippen LogP contribution in [0.2, 0.25) is 0 Å². The molecule has 1 aliphatic rings. The van der Waals surface area contributed by atoms with Gasteiger partial charge in [-0.2, -0.15) is 13.7 Å². The van der Waals surface area contributed by atoms with Crippen LogP contribution in [0.25, 0.3) is 0 Å². The summed E-state index contributed by atoms with van der Waals surface area (Å²) in [6.45, 7) is 5.98. The number of hydrogen-bond acceptors (Lipinski definition) is 5. The number of H-pyrrole nitrogens is 1. The van der Waals surface area contributed by atoms with Crippen molar-refractivity contribution >= 4 is 20.0 Å². The molecule has 1 aromatic carbocycles. The molecule has 2 aromatic rings. The second-order valence-electron chi connectivity index (χ2n) is 6.74. The number of aromatic nitrogens is 2. The molecule has 3 rings (SSSR count). The summed E-state index contributed by atoms with van der Waals surface area (Å²) in [6, 6.07) is 6.68. The Hall–Kier alpha value is -1.75. The maximum Gasteiger partial charge on any atom is 0.246 e.